The van der Waals surface area contributed by atoms with Crippen molar-refractivity contribution >= 4 is 22.5 Å². The molecule has 3 aromatic rings. The van der Waals surface area contributed by atoms with Crippen molar-refractivity contribution in [3.8, 4) is 5.69 Å². The van der Waals surface area contributed by atoms with E-state index in [1.54, 1.807) is 10.6 Å². The first kappa shape index (κ1) is 18.4. The number of nitrogens with one attached hydrogen (secondary N) is 1. The molecule has 0 bridgehead atoms. The van der Waals surface area contributed by atoms with Crippen LogP contribution in [-0.4, -0.2) is 15.5 Å². The van der Waals surface area contributed by atoms with Crippen molar-refractivity contribution in [1.82, 2.24) is 9.55 Å². The molecule has 1 saturated carbocycles. The van der Waals surface area contributed by atoms with Gasteiger partial charge in [0.2, 0.25) is 5.91 Å². The van der Waals surface area contributed by atoms with Crippen molar-refractivity contribution in [3.63, 3.8) is 0 Å². The van der Waals surface area contributed by atoms with Crippen LogP contribution in [-0.2, 0) is 4.79 Å². The van der Waals surface area contributed by atoms with E-state index in [2.05, 4.69) is 10.3 Å². The van der Waals surface area contributed by atoms with Crippen LogP contribution in [0.3, 0.4) is 0 Å². The van der Waals surface area contributed by atoms with E-state index >= 15 is 0 Å². The predicted molar refractivity (Wildman–Crippen MR) is 112 cm³/mol. The number of carbonyl (C=O) groups excluding carboxylic acids is 1. The lowest BCUT2D eigenvalue weighted by Gasteiger charge is -2.12. The molecule has 1 aromatic heterocycles. The van der Waals surface area contributed by atoms with E-state index in [9.17, 15) is 9.59 Å². The molecule has 144 valence electrons. The zero-order chi connectivity index (χ0) is 19.5. The van der Waals surface area contributed by atoms with Crippen LogP contribution in [0.25, 0.3) is 16.6 Å². The fraction of sp³-hybridized carbons (Fsp3) is 0.348. The molecule has 2 aromatic carbocycles. The van der Waals surface area contributed by atoms with Crippen LogP contribution in [0.2, 0.25) is 0 Å². The Morgan fingerprint density at radius 1 is 1.11 bits per heavy atom. The van der Waals surface area contributed by atoms with Gasteiger partial charge in [-0.1, -0.05) is 37.8 Å². The van der Waals surface area contributed by atoms with Crippen molar-refractivity contribution in [2.45, 2.75) is 45.4 Å². The number of benzene rings is 2. The maximum atomic E-state index is 12.9. The quantitative estimate of drug-likeness (QED) is 0.709. The molecule has 1 aliphatic rings. The minimum Gasteiger partial charge on any atom is -0.326 e. The second-order valence-corrected chi connectivity index (χ2v) is 7.60. The van der Waals surface area contributed by atoms with Crippen molar-refractivity contribution in [2.24, 2.45) is 5.92 Å². The van der Waals surface area contributed by atoms with Crippen LogP contribution < -0.4 is 10.9 Å². The Hall–Kier alpha value is -2.95. The number of aromatic nitrogens is 2. The summed E-state index contributed by atoms with van der Waals surface area (Å²) in [5.41, 5.74) is 2.10. The average Bonchev–Trinajstić information content (AvgIpc) is 3.21. The molecule has 1 fully saturated rings. The zero-order valence-corrected chi connectivity index (χ0v) is 16.1. The van der Waals surface area contributed by atoms with Crippen LogP contribution in [0.4, 0.5) is 5.69 Å². The standard InChI is InChI=1S/C23H25N3O2/c1-16-24-21-9-5-4-8-20(21)23(28)26(16)19-13-11-18(12-14-19)25-22(27)15-10-17-6-2-3-7-17/h4-5,8-9,11-14,17H,2-3,6-7,10,15H2,1H3,(H,25,27). The number of rotatable bonds is 5. The SMILES string of the molecule is Cc1nc2ccccc2c(=O)n1-c1ccc(NC(=O)CCC2CCCC2)cc1. The third-order valence-electron chi connectivity index (χ3n) is 5.61. The van der Waals surface area contributed by atoms with Crippen molar-refractivity contribution in [2.75, 3.05) is 5.32 Å². The molecule has 0 radical (unpaired) electrons. The first-order valence-corrected chi connectivity index (χ1v) is 10.0. The molecule has 0 aliphatic heterocycles. The summed E-state index contributed by atoms with van der Waals surface area (Å²) in [6.07, 6.45) is 6.67. The highest BCUT2D eigenvalue weighted by Crippen LogP contribution is 2.28. The molecule has 1 N–H and O–H groups in total. The van der Waals surface area contributed by atoms with Crippen LogP contribution in [0, 0.1) is 12.8 Å². The fourth-order valence-corrected chi connectivity index (χ4v) is 4.10. The first-order chi connectivity index (χ1) is 13.6. The van der Waals surface area contributed by atoms with Crippen LogP contribution in [0.15, 0.2) is 53.3 Å². The zero-order valence-electron chi connectivity index (χ0n) is 16.1. The van der Waals surface area contributed by atoms with E-state index in [-0.39, 0.29) is 11.5 Å². The molecule has 5 nitrogen and oxygen atoms in total. The number of hydrogen-bond acceptors (Lipinski definition) is 3. The maximum absolute atomic E-state index is 12.9. The topological polar surface area (TPSA) is 64.0 Å². The van der Waals surface area contributed by atoms with Gasteiger partial charge in [0.15, 0.2) is 0 Å². The Labute approximate surface area is 164 Å². The number of aryl methyl sites for hydroxylation is 1. The number of hydrogen-bond donors (Lipinski definition) is 1. The number of carbonyl (C=O) groups is 1. The van der Waals surface area contributed by atoms with Crippen LogP contribution in [0.1, 0.15) is 44.3 Å². The van der Waals surface area contributed by atoms with Gasteiger partial charge in [0.05, 0.1) is 16.6 Å². The van der Waals surface area contributed by atoms with Gasteiger partial charge in [0, 0.05) is 12.1 Å². The summed E-state index contributed by atoms with van der Waals surface area (Å²) in [4.78, 5) is 29.6. The lowest BCUT2D eigenvalue weighted by Crippen LogP contribution is -2.22. The minimum absolute atomic E-state index is 0.0559. The highest BCUT2D eigenvalue weighted by molar-refractivity contribution is 5.90. The number of nitrogens with zero attached hydrogens (tertiary/aromatic N) is 2. The van der Waals surface area contributed by atoms with E-state index in [0.717, 1.165) is 17.8 Å². The van der Waals surface area contributed by atoms with Crippen molar-refractivity contribution < 1.29 is 4.79 Å². The number of para-hydroxylation sites is 1. The second kappa shape index (κ2) is 7.97. The molecule has 1 aliphatic carbocycles. The predicted octanol–water partition coefficient (Wildman–Crippen LogP) is 4.60. The minimum atomic E-state index is -0.0866. The summed E-state index contributed by atoms with van der Waals surface area (Å²) in [6, 6.07) is 14.7. The molecule has 0 atom stereocenters. The largest absolute Gasteiger partial charge is 0.326 e. The highest BCUT2D eigenvalue weighted by Gasteiger charge is 2.16. The number of amides is 1. The molecule has 1 heterocycles. The molecule has 4 rings (SSSR count). The molecule has 0 spiro atoms. The van der Waals surface area contributed by atoms with Gasteiger partial charge >= 0.3 is 0 Å². The summed E-state index contributed by atoms with van der Waals surface area (Å²) in [5, 5.41) is 3.56. The Morgan fingerprint density at radius 3 is 2.57 bits per heavy atom. The van der Waals surface area contributed by atoms with Crippen molar-refractivity contribution in [3.05, 3.63) is 64.7 Å². The summed E-state index contributed by atoms with van der Waals surface area (Å²) in [6.45, 7) is 1.83. The van der Waals surface area contributed by atoms with Gasteiger partial charge in [-0.15, -0.1) is 0 Å². The van der Waals surface area contributed by atoms with Gasteiger partial charge in [0.25, 0.3) is 5.56 Å². The first-order valence-electron chi connectivity index (χ1n) is 10.0. The van der Waals surface area contributed by atoms with Gasteiger partial charge in [-0.2, -0.15) is 0 Å². The molecular weight excluding hydrogens is 350 g/mol. The Kier molecular flexibility index (Phi) is 5.24. The van der Waals surface area contributed by atoms with Crippen LogP contribution >= 0.6 is 0 Å². The smallest absolute Gasteiger partial charge is 0.265 e. The third-order valence-corrected chi connectivity index (χ3v) is 5.61. The van der Waals surface area contributed by atoms with Gasteiger partial charge in [-0.3, -0.25) is 14.2 Å². The van der Waals surface area contributed by atoms with E-state index in [1.807, 2.05) is 49.4 Å². The Bertz CT molecular complexity index is 1050. The molecule has 0 saturated heterocycles. The Morgan fingerprint density at radius 2 is 1.82 bits per heavy atom. The molecular formula is C23H25N3O2. The summed E-state index contributed by atoms with van der Waals surface area (Å²) in [5.74, 6) is 1.40. The maximum Gasteiger partial charge on any atom is 0.265 e. The molecule has 5 heteroatoms. The third kappa shape index (κ3) is 3.84. The normalized spacial score (nSPS) is 14.5. The van der Waals surface area contributed by atoms with E-state index in [0.29, 0.717) is 29.1 Å². The molecule has 1 amide bonds. The fourth-order valence-electron chi connectivity index (χ4n) is 4.10. The summed E-state index contributed by atoms with van der Waals surface area (Å²) >= 11 is 0. The van der Waals surface area contributed by atoms with Gasteiger partial charge in [-0.05, 0) is 55.7 Å². The van der Waals surface area contributed by atoms with E-state index in [4.69, 9.17) is 0 Å². The lowest BCUT2D eigenvalue weighted by molar-refractivity contribution is -0.116. The number of anilines is 1. The molecule has 28 heavy (non-hydrogen) atoms. The van der Waals surface area contributed by atoms with Crippen LogP contribution in [0.5, 0.6) is 0 Å². The van der Waals surface area contributed by atoms with E-state index in [1.165, 1.54) is 25.7 Å². The summed E-state index contributed by atoms with van der Waals surface area (Å²) < 4.78 is 1.61. The monoisotopic (exact) mass is 375 g/mol. The lowest BCUT2D eigenvalue weighted by atomic mass is 10.0. The van der Waals surface area contributed by atoms with Crippen molar-refractivity contribution in [1.29, 1.82) is 0 Å². The molecule has 0 unspecified atom stereocenters. The highest BCUT2D eigenvalue weighted by atomic mass is 16.1. The van der Waals surface area contributed by atoms with E-state index < -0.39 is 0 Å². The van der Waals surface area contributed by atoms with Gasteiger partial charge in [-0.25, -0.2) is 4.98 Å². The second-order valence-electron chi connectivity index (χ2n) is 7.60. The Balaban J connectivity index is 1.49. The average molecular weight is 375 g/mol. The summed E-state index contributed by atoms with van der Waals surface area (Å²) in [7, 11) is 0. The van der Waals surface area contributed by atoms with Gasteiger partial charge in [0.1, 0.15) is 5.82 Å². The number of fused-ring (bicyclic) bond motifs is 1. The van der Waals surface area contributed by atoms with Gasteiger partial charge < -0.3 is 5.32 Å².